The highest BCUT2D eigenvalue weighted by Crippen LogP contribution is 2.04. The fraction of sp³-hybridized carbons (Fsp3) is 0.300. The summed E-state index contributed by atoms with van der Waals surface area (Å²) in [5.74, 6) is 0.396. The average molecular weight is 160 g/mol. The van der Waals surface area contributed by atoms with Crippen LogP contribution in [0.4, 0.5) is 0 Å². The molecule has 2 rings (SSSR count). The molecule has 1 unspecified atom stereocenters. The minimum atomic E-state index is 0.140. The van der Waals surface area contributed by atoms with Crippen LogP contribution in [-0.4, -0.2) is 11.0 Å². The minimum absolute atomic E-state index is 0.140. The molecule has 0 amide bonds. The molecule has 1 aromatic heterocycles. The van der Waals surface area contributed by atoms with E-state index in [0.717, 1.165) is 10.6 Å². The van der Waals surface area contributed by atoms with E-state index in [-0.39, 0.29) is 6.04 Å². The summed E-state index contributed by atoms with van der Waals surface area (Å²) in [6.07, 6.45) is 6.01. The molecule has 2 atom stereocenters. The molecule has 1 aliphatic carbocycles. The van der Waals surface area contributed by atoms with Gasteiger partial charge in [0, 0.05) is 12.2 Å². The summed E-state index contributed by atoms with van der Waals surface area (Å²) in [6, 6.07) is 4.12. The number of hydrogen-bond donors (Lipinski definition) is 1. The van der Waals surface area contributed by atoms with Crippen LogP contribution in [0.25, 0.3) is 12.2 Å². The monoisotopic (exact) mass is 160 g/mol. The Hall–Kier alpha value is -1.15. The number of fused-ring (bicyclic) bond motifs is 1. The van der Waals surface area contributed by atoms with Crippen LogP contribution >= 0.6 is 0 Å². The van der Waals surface area contributed by atoms with Crippen LogP contribution < -0.4 is 16.3 Å². The van der Waals surface area contributed by atoms with Crippen molar-refractivity contribution in [1.82, 2.24) is 4.98 Å². The number of rotatable bonds is 0. The first-order valence-electron chi connectivity index (χ1n) is 4.18. The number of pyridine rings is 1. The van der Waals surface area contributed by atoms with Gasteiger partial charge < -0.3 is 5.73 Å². The predicted molar refractivity (Wildman–Crippen MR) is 49.6 cm³/mol. The Bertz CT molecular complexity index is 356. The second-order valence-electron chi connectivity index (χ2n) is 3.25. The third-order valence-electron chi connectivity index (χ3n) is 2.27. The van der Waals surface area contributed by atoms with Crippen molar-refractivity contribution in [3.05, 3.63) is 28.9 Å². The number of aromatic nitrogens is 1. The Morgan fingerprint density at radius 2 is 2.25 bits per heavy atom. The highest BCUT2D eigenvalue weighted by Gasteiger charge is 2.10. The summed E-state index contributed by atoms with van der Waals surface area (Å²) < 4.78 is 0. The molecule has 0 saturated heterocycles. The number of nitrogens with two attached hydrogens (primary N) is 1. The molecule has 1 aliphatic rings. The lowest BCUT2D eigenvalue weighted by Gasteiger charge is -2.15. The Kier molecular flexibility index (Phi) is 1.70. The quantitative estimate of drug-likeness (QED) is 0.562. The van der Waals surface area contributed by atoms with Gasteiger partial charge in [0.05, 0.1) is 5.35 Å². The lowest BCUT2D eigenvalue weighted by molar-refractivity contribution is 0.677. The molecule has 0 aliphatic heterocycles. The summed E-state index contributed by atoms with van der Waals surface area (Å²) in [6.45, 7) is 2.11. The molecule has 0 bridgehead atoms. The molecular weight excluding hydrogens is 148 g/mol. The van der Waals surface area contributed by atoms with Crippen molar-refractivity contribution in [1.29, 1.82) is 0 Å². The Labute approximate surface area is 71.4 Å². The second kappa shape index (κ2) is 2.72. The van der Waals surface area contributed by atoms with Gasteiger partial charge in [0.25, 0.3) is 0 Å². The summed E-state index contributed by atoms with van der Waals surface area (Å²) in [5.41, 5.74) is 5.88. The summed E-state index contributed by atoms with van der Waals surface area (Å²) >= 11 is 0. The standard InChI is InChI=1S/C10H12N2/c1-7-5-10-8(6-9(7)11)3-2-4-12-10/h2-7,9H,11H2,1H3/t7-,9?/m1/s1. The summed E-state index contributed by atoms with van der Waals surface area (Å²) in [7, 11) is 0. The van der Waals surface area contributed by atoms with E-state index >= 15 is 0 Å². The Morgan fingerprint density at radius 1 is 1.42 bits per heavy atom. The molecule has 2 nitrogen and oxygen atoms in total. The van der Waals surface area contributed by atoms with E-state index in [1.807, 2.05) is 18.3 Å². The van der Waals surface area contributed by atoms with Gasteiger partial charge in [-0.25, -0.2) is 0 Å². The Balaban J connectivity index is 2.70. The first kappa shape index (κ1) is 7.50. The third-order valence-corrected chi connectivity index (χ3v) is 2.27. The maximum absolute atomic E-state index is 5.88. The second-order valence-corrected chi connectivity index (χ2v) is 3.25. The van der Waals surface area contributed by atoms with E-state index in [9.17, 15) is 0 Å². The molecule has 0 fully saturated rings. The first-order chi connectivity index (χ1) is 5.77. The fourth-order valence-electron chi connectivity index (χ4n) is 1.43. The van der Waals surface area contributed by atoms with Crippen LogP contribution in [-0.2, 0) is 0 Å². The molecule has 1 heterocycles. The summed E-state index contributed by atoms with van der Waals surface area (Å²) in [5, 5.41) is 2.22. The smallest absolute Gasteiger partial charge is 0.0662 e. The van der Waals surface area contributed by atoms with Gasteiger partial charge in [-0.05, 0) is 17.2 Å². The minimum Gasteiger partial charge on any atom is -0.324 e. The zero-order valence-corrected chi connectivity index (χ0v) is 7.07. The van der Waals surface area contributed by atoms with Gasteiger partial charge in [0.2, 0.25) is 0 Å². The van der Waals surface area contributed by atoms with Gasteiger partial charge in [0.15, 0.2) is 0 Å². The van der Waals surface area contributed by atoms with Crippen LogP contribution in [0.1, 0.15) is 6.92 Å². The van der Waals surface area contributed by atoms with Gasteiger partial charge in [-0.2, -0.15) is 0 Å². The van der Waals surface area contributed by atoms with Crippen LogP contribution in [0.3, 0.4) is 0 Å². The molecule has 62 valence electrons. The van der Waals surface area contributed by atoms with E-state index in [1.165, 1.54) is 0 Å². The topological polar surface area (TPSA) is 38.9 Å². The molecule has 2 heteroatoms. The lowest BCUT2D eigenvalue weighted by Crippen LogP contribution is -2.39. The van der Waals surface area contributed by atoms with Crippen molar-refractivity contribution < 1.29 is 0 Å². The van der Waals surface area contributed by atoms with Crippen molar-refractivity contribution in [2.45, 2.75) is 13.0 Å². The normalized spacial score (nSPS) is 26.8. The van der Waals surface area contributed by atoms with E-state index in [1.54, 1.807) is 0 Å². The largest absolute Gasteiger partial charge is 0.324 e. The highest BCUT2D eigenvalue weighted by atomic mass is 14.7. The van der Waals surface area contributed by atoms with Gasteiger partial charge in [-0.15, -0.1) is 0 Å². The van der Waals surface area contributed by atoms with Crippen LogP contribution in [0.2, 0.25) is 0 Å². The molecule has 0 radical (unpaired) electrons. The first-order valence-corrected chi connectivity index (χ1v) is 4.18. The van der Waals surface area contributed by atoms with Crippen LogP contribution in [0, 0.1) is 5.92 Å². The van der Waals surface area contributed by atoms with Gasteiger partial charge in [0.1, 0.15) is 0 Å². The van der Waals surface area contributed by atoms with Crippen molar-refractivity contribution >= 4 is 12.2 Å². The van der Waals surface area contributed by atoms with Crippen molar-refractivity contribution in [2.75, 3.05) is 0 Å². The van der Waals surface area contributed by atoms with E-state index in [4.69, 9.17) is 5.73 Å². The molecule has 12 heavy (non-hydrogen) atoms. The maximum atomic E-state index is 5.88. The van der Waals surface area contributed by atoms with Gasteiger partial charge >= 0.3 is 0 Å². The van der Waals surface area contributed by atoms with E-state index in [2.05, 4.69) is 24.1 Å². The zero-order chi connectivity index (χ0) is 8.55. The molecule has 2 N–H and O–H groups in total. The average Bonchev–Trinajstić information content (AvgIpc) is 2.07. The zero-order valence-electron chi connectivity index (χ0n) is 7.07. The van der Waals surface area contributed by atoms with Gasteiger partial charge in [-0.3, -0.25) is 4.98 Å². The SMILES string of the molecule is C[C@@H]1C=c2ncccc2=CC1N. The molecule has 0 saturated carbocycles. The molecule has 0 spiro atoms. The molecule has 1 aromatic rings. The third kappa shape index (κ3) is 1.14. The van der Waals surface area contributed by atoms with E-state index in [0.29, 0.717) is 5.92 Å². The lowest BCUT2D eigenvalue weighted by atomic mass is 9.97. The van der Waals surface area contributed by atoms with Crippen LogP contribution in [0.5, 0.6) is 0 Å². The van der Waals surface area contributed by atoms with Gasteiger partial charge in [-0.1, -0.05) is 25.1 Å². The Morgan fingerprint density at radius 3 is 3.08 bits per heavy atom. The molecule has 0 aromatic carbocycles. The number of hydrogen-bond acceptors (Lipinski definition) is 2. The maximum Gasteiger partial charge on any atom is 0.0662 e. The molecular formula is C10H12N2. The predicted octanol–water partition coefficient (Wildman–Crippen LogP) is -0.380. The fourth-order valence-corrected chi connectivity index (χ4v) is 1.43. The summed E-state index contributed by atoms with van der Waals surface area (Å²) in [4.78, 5) is 4.26. The number of nitrogens with zero attached hydrogens (tertiary/aromatic N) is 1. The van der Waals surface area contributed by atoms with Crippen LogP contribution in [0.15, 0.2) is 18.3 Å². The van der Waals surface area contributed by atoms with Crippen molar-refractivity contribution in [2.24, 2.45) is 11.7 Å². The highest BCUT2D eigenvalue weighted by molar-refractivity contribution is 5.42. The van der Waals surface area contributed by atoms with Crippen molar-refractivity contribution in [3.8, 4) is 0 Å². The van der Waals surface area contributed by atoms with Crippen molar-refractivity contribution in [3.63, 3.8) is 0 Å². The van der Waals surface area contributed by atoms with E-state index < -0.39 is 0 Å².